The molecule has 2 rings (SSSR count). The number of carbonyl (C=O) groups is 1. The summed E-state index contributed by atoms with van der Waals surface area (Å²) in [5.41, 5.74) is 6.54. The third kappa shape index (κ3) is 3.18. The molecule has 1 amide bonds. The number of amides is 1. The fourth-order valence-corrected chi connectivity index (χ4v) is 2.55. The molecule has 0 aliphatic heterocycles. The lowest BCUT2D eigenvalue weighted by molar-refractivity contribution is -0.118. The number of primary amides is 1. The molecule has 0 heterocycles. The van der Waals surface area contributed by atoms with E-state index in [1.807, 2.05) is 30.3 Å². The zero-order valence-corrected chi connectivity index (χ0v) is 12.5. The van der Waals surface area contributed by atoms with Crippen molar-refractivity contribution in [3.8, 4) is 0 Å². The summed E-state index contributed by atoms with van der Waals surface area (Å²) in [5.74, 6) is -0.597. The Hall–Kier alpha value is -1.42. The second-order valence-corrected chi connectivity index (χ2v) is 5.29. The van der Waals surface area contributed by atoms with Gasteiger partial charge in [0.05, 0.1) is 10.0 Å². The van der Waals surface area contributed by atoms with Crippen molar-refractivity contribution in [3.05, 3.63) is 63.1 Å². The number of halogens is 3. The molecule has 0 aliphatic carbocycles. The highest BCUT2D eigenvalue weighted by Crippen LogP contribution is 2.36. The first kappa shape index (κ1) is 15.0. The van der Waals surface area contributed by atoms with Crippen molar-refractivity contribution in [2.24, 2.45) is 5.73 Å². The summed E-state index contributed by atoms with van der Waals surface area (Å²) in [5, 5.41) is 3.85. The van der Waals surface area contributed by atoms with Crippen LogP contribution in [0.2, 0.25) is 15.1 Å². The van der Waals surface area contributed by atoms with Gasteiger partial charge in [-0.25, -0.2) is 0 Å². The molecule has 0 radical (unpaired) electrons. The highest BCUT2D eigenvalue weighted by Gasteiger charge is 2.24. The van der Waals surface area contributed by atoms with E-state index in [1.165, 1.54) is 0 Å². The van der Waals surface area contributed by atoms with Crippen LogP contribution >= 0.6 is 34.8 Å². The van der Waals surface area contributed by atoms with E-state index >= 15 is 0 Å². The van der Waals surface area contributed by atoms with E-state index in [1.54, 1.807) is 12.1 Å². The van der Waals surface area contributed by atoms with E-state index in [2.05, 4.69) is 5.32 Å². The van der Waals surface area contributed by atoms with Gasteiger partial charge >= 0.3 is 0 Å². The van der Waals surface area contributed by atoms with E-state index in [0.29, 0.717) is 15.6 Å². The van der Waals surface area contributed by atoms with Crippen LogP contribution in [0.15, 0.2) is 42.5 Å². The molecule has 3 nitrogen and oxygen atoms in total. The number of nitrogens with two attached hydrogens (primary N) is 1. The predicted molar refractivity (Wildman–Crippen MR) is 83.5 cm³/mol. The van der Waals surface area contributed by atoms with Gasteiger partial charge in [0, 0.05) is 16.3 Å². The number of rotatable bonds is 4. The van der Waals surface area contributed by atoms with Gasteiger partial charge < -0.3 is 11.1 Å². The van der Waals surface area contributed by atoms with Gasteiger partial charge in [-0.05, 0) is 24.3 Å². The molecule has 0 fully saturated rings. The first-order chi connectivity index (χ1) is 9.50. The van der Waals surface area contributed by atoms with Gasteiger partial charge in [-0.1, -0.05) is 53.0 Å². The predicted octanol–water partition coefficient (Wildman–Crippen LogP) is 4.29. The van der Waals surface area contributed by atoms with Crippen molar-refractivity contribution in [3.63, 3.8) is 0 Å². The molecule has 0 aliphatic rings. The van der Waals surface area contributed by atoms with Crippen molar-refractivity contribution in [1.29, 1.82) is 0 Å². The maximum atomic E-state index is 11.7. The zero-order valence-electron chi connectivity index (χ0n) is 10.2. The average Bonchev–Trinajstić information content (AvgIpc) is 2.43. The Morgan fingerprint density at radius 3 is 2.20 bits per heavy atom. The molecular weight excluding hydrogens is 319 g/mol. The summed E-state index contributed by atoms with van der Waals surface area (Å²) < 4.78 is 0. The van der Waals surface area contributed by atoms with E-state index in [9.17, 15) is 4.79 Å². The highest BCUT2D eigenvalue weighted by atomic mass is 35.5. The van der Waals surface area contributed by atoms with Gasteiger partial charge in [0.25, 0.3) is 0 Å². The van der Waals surface area contributed by atoms with Crippen LogP contribution in [0.5, 0.6) is 0 Å². The van der Waals surface area contributed by atoms with Crippen molar-refractivity contribution >= 4 is 46.4 Å². The fraction of sp³-hybridized carbons (Fsp3) is 0.0714. The van der Waals surface area contributed by atoms with Gasteiger partial charge in [-0.2, -0.15) is 0 Å². The molecule has 2 aromatic carbocycles. The number of hydrogen-bond acceptors (Lipinski definition) is 2. The minimum atomic E-state index is -0.865. The Balaban J connectivity index is 2.45. The second-order valence-electron chi connectivity index (χ2n) is 4.10. The zero-order chi connectivity index (χ0) is 14.7. The molecule has 3 N–H and O–H groups in total. The fourth-order valence-electron chi connectivity index (χ4n) is 1.79. The second kappa shape index (κ2) is 6.35. The van der Waals surface area contributed by atoms with Crippen molar-refractivity contribution < 1.29 is 4.79 Å². The standard InChI is InChI=1S/C14H11Cl3N2O/c15-9-6-7-10(16)12(17)11(9)13(14(18)20)19-8-4-2-1-3-5-8/h1-7,13,19H,(H2,18,20). The lowest BCUT2D eigenvalue weighted by atomic mass is 10.1. The molecule has 0 saturated heterocycles. The summed E-state index contributed by atoms with van der Waals surface area (Å²) in [7, 11) is 0. The van der Waals surface area contributed by atoms with E-state index in [-0.39, 0.29) is 5.02 Å². The number of hydrogen-bond donors (Lipinski definition) is 2. The number of para-hydroxylation sites is 1. The third-order valence-corrected chi connectivity index (χ3v) is 3.89. The average molecular weight is 330 g/mol. The van der Waals surface area contributed by atoms with Gasteiger partial charge in [0.1, 0.15) is 6.04 Å². The molecule has 104 valence electrons. The number of anilines is 1. The molecule has 1 atom stereocenters. The summed E-state index contributed by atoms with van der Waals surface area (Å²) in [6.45, 7) is 0. The minimum absolute atomic E-state index is 0.214. The molecule has 1 unspecified atom stereocenters. The van der Waals surface area contributed by atoms with Crippen LogP contribution in [0.1, 0.15) is 11.6 Å². The van der Waals surface area contributed by atoms with Gasteiger partial charge in [0.15, 0.2) is 0 Å². The SMILES string of the molecule is NC(=O)C(Nc1ccccc1)c1c(Cl)ccc(Cl)c1Cl. The van der Waals surface area contributed by atoms with Crippen molar-refractivity contribution in [1.82, 2.24) is 0 Å². The molecular formula is C14H11Cl3N2O. The maximum Gasteiger partial charge on any atom is 0.244 e. The van der Waals surface area contributed by atoms with E-state index in [0.717, 1.165) is 5.69 Å². The lowest BCUT2D eigenvalue weighted by Crippen LogP contribution is -2.28. The van der Waals surface area contributed by atoms with Crippen LogP contribution in [-0.4, -0.2) is 5.91 Å². The minimum Gasteiger partial charge on any atom is -0.370 e. The Bertz CT molecular complexity index is 632. The Labute approximate surface area is 131 Å². The quantitative estimate of drug-likeness (QED) is 0.822. The number of nitrogens with one attached hydrogen (secondary N) is 1. The van der Waals surface area contributed by atoms with E-state index < -0.39 is 11.9 Å². The van der Waals surface area contributed by atoms with Crippen LogP contribution in [0.3, 0.4) is 0 Å². The molecule has 0 aromatic heterocycles. The maximum absolute atomic E-state index is 11.7. The van der Waals surface area contributed by atoms with Crippen LogP contribution in [0.4, 0.5) is 5.69 Å². The summed E-state index contributed by atoms with van der Waals surface area (Å²) in [6.07, 6.45) is 0. The highest BCUT2D eigenvalue weighted by molar-refractivity contribution is 6.44. The molecule has 2 aromatic rings. The normalized spacial score (nSPS) is 11.9. The Morgan fingerprint density at radius 2 is 1.60 bits per heavy atom. The smallest absolute Gasteiger partial charge is 0.244 e. The van der Waals surface area contributed by atoms with E-state index in [4.69, 9.17) is 40.5 Å². The van der Waals surface area contributed by atoms with Crippen LogP contribution in [-0.2, 0) is 4.79 Å². The van der Waals surface area contributed by atoms with Gasteiger partial charge in [0.2, 0.25) is 5.91 Å². The summed E-state index contributed by atoms with van der Waals surface area (Å²) in [4.78, 5) is 11.7. The van der Waals surface area contributed by atoms with Crippen LogP contribution in [0, 0.1) is 0 Å². The molecule has 0 spiro atoms. The molecule has 0 bridgehead atoms. The van der Waals surface area contributed by atoms with Crippen molar-refractivity contribution in [2.75, 3.05) is 5.32 Å². The number of carbonyl (C=O) groups excluding carboxylic acids is 1. The first-order valence-corrected chi connectivity index (χ1v) is 6.88. The molecule has 0 saturated carbocycles. The monoisotopic (exact) mass is 328 g/mol. The Morgan fingerprint density at radius 1 is 1.00 bits per heavy atom. The third-order valence-electron chi connectivity index (χ3n) is 2.74. The summed E-state index contributed by atoms with van der Waals surface area (Å²) in [6, 6.07) is 11.4. The largest absolute Gasteiger partial charge is 0.370 e. The summed E-state index contributed by atoms with van der Waals surface area (Å²) >= 11 is 18.2. The Kier molecular flexibility index (Phi) is 4.76. The van der Waals surface area contributed by atoms with Crippen LogP contribution in [0.25, 0.3) is 0 Å². The topological polar surface area (TPSA) is 55.1 Å². The molecule has 20 heavy (non-hydrogen) atoms. The lowest BCUT2D eigenvalue weighted by Gasteiger charge is -2.20. The van der Waals surface area contributed by atoms with Gasteiger partial charge in [-0.15, -0.1) is 0 Å². The van der Waals surface area contributed by atoms with Crippen LogP contribution < -0.4 is 11.1 Å². The van der Waals surface area contributed by atoms with Gasteiger partial charge in [-0.3, -0.25) is 4.79 Å². The first-order valence-electron chi connectivity index (χ1n) is 5.75. The molecule has 6 heteroatoms. The van der Waals surface area contributed by atoms with Crippen molar-refractivity contribution in [2.45, 2.75) is 6.04 Å². The number of benzene rings is 2.